The first-order valence-corrected chi connectivity index (χ1v) is 12.8. The van der Waals surface area contributed by atoms with E-state index in [-0.39, 0.29) is 19.8 Å². The lowest BCUT2D eigenvalue weighted by atomic mass is 10.2. The van der Waals surface area contributed by atoms with Crippen molar-refractivity contribution in [2.45, 2.75) is 65.1 Å². The lowest BCUT2D eigenvalue weighted by Gasteiger charge is -2.31. The van der Waals surface area contributed by atoms with Gasteiger partial charge in [-0.25, -0.2) is 9.59 Å². The van der Waals surface area contributed by atoms with E-state index in [0.717, 1.165) is 36.4 Å². The number of carbonyl (C=O) groups excluding carboxylic acids is 3. The van der Waals surface area contributed by atoms with Gasteiger partial charge in [-0.3, -0.25) is 23.9 Å². The zero-order chi connectivity index (χ0) is 28.7. The number of hydrogen-bond acceptors (Lipinski definition) is 9. The highest BCUT2D eigenvalue weighted by Gasteiger charge is 2.28. The number of hydrogen-bond donors (Lipinski definition) is 2. The fourth-order valence-electron chi connectivity index (χ4n) is 3.37. The molecular formula is C25H43N5O8. The summed E-state index contributed by atoms with van der Waals surface area (Å²) >= 11 is 0. The van der Waals surface area contributed by atoms with Gasteiger partial charge in [0.2, 0.25) is 5.91 Å². The van der Waals surface area contributed by atoms with E-state index < -0.39 is 54.0 Å². The Labute approximate surface area is 223 Å². The van der Waals surface area contributed by atoms with Gasteiger partial charge in [0.25, 0.3) is 5.56 Å². The molecule has 0 aliphatic carbocycles. The van der Waals surface area contributed by atoms with E-state index in [4.69, 9.17) is 14.2 Å². The molecule has 0 aliphatic rings. The Morgan fingerprint density at radius 2 is 1.84 bits per heavy atom. The molecule has 2 N–H and O–H groups in total. The van der Waals surface area contributed by atoms with Crippen molar-refractivity contribution in [3.8, 4) is 0 Å². The highest BCUT2D eigenvalue weighted by atomic mass is 16.6. The van der Waals surface area contributed by atoms with Crippen molar-refractivity contribution in [1.82, 2.24) is 24.7 Å². The molecule has 38 heavy (non-hydrogen) atoms. The van der Waals surface area contributed by atoms with Crippen LogP contribution >= 0.6 is 0 Å². The zero-order valence-electron chi connectivity index (χ0n) is 23.4. The number of ether oxygens (including phenoxy) is 3. The van der Waals surface area contributed by atoms with Crippen molar-refractivity contribution < 1.29 is 28.6 Å². The SMILES string of the molecule is CCOC(=O)CN(C(=O)Cn1ccc(=O)[nH]c1=O)C(CNC(=O)OC(C)(C)C)COCCCCCN(C)C. The largest absolute Gasteiger partial charge is 0.465 e. The topological polar surface area (TPSA) is 152 Å². The number of alkyl carbamates (subject to hydrolysis) is 1. The van der Waals surface area contributed by atoms with Crippen LogP contribution in [-0.4, -0.2) is 103 Å². The van der Waals surface area contributed by atoms with Gasteiger partial charge in [0.05, 0.1) is 19.3 Å². The second-order valence-corrected chi connectivity index (χ2v) is 10.0. The fraction of sp³-hybridized carbons (Fsp3) is 0.720. The number of rotatable bonds is 16. The van der Waals surface area contributed by atoms with Gasteiger partial charge in [-0.15, -0.1) is 0 Å². The summed E-state index contributed by atoms with van der Waals surface area (Å²) in [6.07, 6.45) is 3.28. The van der Waals surface area contributed by atoms with Gasteiger partial charge in [0, 0.05) is 25.4 Å². The third-order valence-electron chi connectivity index (χ3n) is 5.15. The van der Waals surface area contributed by atoms with Crippen LogP contribution in [0.15, 0.2) is 21.9 Å². The maximum absolute atomic E-state index is 13.3. The molecule has 0 aliphatic heterocycles. The number of aromatic nitrogens is 2. The lowest BCUT2D eigenvalue weighted by molar-refractivity contribution is -0.151. The molecule has 0 fully saturated rings. The van der Waals surface area contributed by atoms with Crippen LogP contribution in [0.2, 0.25) is 0 Å². The maximum atomic E-state index is 13.3. The minimum atomic E-state index is -0.765. The first-order chi connectivity index (χ1) is 17.8. The van der Waals surface area contributed by atoms with Crippen LogP contribution in [0.25, 0.3) is 0 Å². The molecule has 0 aromatic carbocycles. The minimum absolute atomic E-state index is 0.0230. The number of carbonyl (C=O) groups is 3. The fourth-order valence-corrected chi connectivity index (χ4v) is 3.37. The summed E-state index contributed by atoms with van der Waals surface area (Å²) in [6, 6.07) is 0.352. The summed E-state index contributed by atoms with van der Waals surface area (Å²) in [4.78, 5) is 66.9. The van der Waals surface area contributed by atoms with Crippen LogP contribution in [0, 0.1) is 0 Å². The summed E-state index contributed by atoms with van der Waals surface area (Å²) < 4.78 is 17.2. The van der Waals surface area contributed by atoms with Crippen LogP contribution in [0.4, 0.5) is 4.79 Å². The van der Waals surface area contributed by atoms with Crippen molar-refractivity contribution in [1.29, 1.82) is 0 Å². The van der Waals surface area contributed by atoms with Gasteiger partial charge in [0.1, 0.15) is 18.7 Å². The molecule has 0 saturated carbocycles. The van der Waals surface area contributed by atoms with Crippen LogP contribution in [0.1, 0.15) is 47.0 Å². The second kappa shape index (κ2) is 16.6. The molecule has 13 nitrogen and oxygen atoms in total. The molecule has 1 atom stereocenters. The Morgan fingerprint density at radius 1 is 1.13 bits per heavy atom. The summed E-state index contributed by atoms with van der Waals surface area (Å²) in [5.41, 5.74) is -2.09. The first-order valence-electron chi connectivity index (χ1n) is 12.8. The number of H-pyrrole nitrogens is 1. The van der Waals surface area contributed by atoms with E-state index in [9.17, 15) is 24.0 Å². The van der Waals surface area contributed by atoms with Crippen LogP contribution < -0.4 is 16.6 Å². The van der Waals surface area contributed by atoms with Gasteiger partial charge in [-0.05, 0) is 67.6 Å². The number of nitrogens with zero attached hydrogens (tertiary/aromatic N) is 3. The molecule has 2 amide bonds. The van der Waals surface area contributed by atoms with Gasteiger partial charge in [0.15, 0.2) is 0 Å². The smallest absolute Gasteiger partial charge is 0.407 e. The molecule has 216 valence electrons. The van der Waals surface area contributed by atoms with Crippen LogP contribution in [0.3, 0.4) is 0 Å². The van der Waals surface area contributed by atoms with E-state index in [2.05, 4.69) is 15.2 Å². The van der Waals surface area contributed by atoms with Crippen molar-refractivity contribution >= 4 is 18.0 Å². The molecule has 1 heterocycles. The lowest BCUT2D eigenvalue weighted by Crippen LogP contribution is -2.53. The Balaban J connectivity index is 3.04. The van der Waals surface area contributed by atoms with Crippen LogP contribution in [0.5, 0.6) is 0 Å². The second-order valence-electron chi connectivity index (χ2n) is 10.0. The highest BCUT2D eigenvalue weighted by Crippen LogP contribution is 2.09. The van der Waals surface area contributed by atoms with Crippen molar-refractivity contribution in [2.24, 2.45) is 0 Å². The predicted molar refractivity (Wildman–Crippen MR) is 141 cm³/mol. The molecule has 1 aromatic rings. The van der Waals surface area contributed by atoms with E-state index in [0.29, 0.717) is 6.61 Å². The van der Waals surface area contributed by atoms with Crippen LogP contribution in [-0.2, 0) is 30.3 Å². The molecule has 1 aromatic heterocycles. The number of aromatic amines is 1. The summed E-state index contributed by atoms with van der Waals surface area (Å²) in [6.45, 7) is 7.42. The average molecular weight is 542 g/mol. The number of unbranched alkanes of at least 4 members (excludes halogenated alkanes) is 2. The van der Waals surface area contributed by atoms with Crippen molar-refractivity contribution in [3.63, 3.8) is 0 Å². The predicted octanol–water partition coefficient (Wildman–Crippen LogP) is 0.570. The van der Waals surface area contributed by atoms with Gasteiger partial charge < -0.3 is 29.3 Å². The normalized spacial score (nSPS) is 12.2. The quantitative estimate of drug-likeness (QED) is 0.226. The van der Waals surface area contributed by atoms with E-state index in [1.54, 1.807) is 27.7 Å². The van der Waals surface area contributed by atoms with Crippen molar-refractivity contribution in [2.75, 3.05) is 53.6 Å². The third kappa shape index (κ3) is 13.9. The Morgan fingerprint density at radius 3 is 2.45 bits per heavy atom. The zero-order valence-corrected chi connectivity index (χ0v) is 23.4. The van der Waals surface area contributed by atoms with Gasteiger partial charge >= 0.3 is 17.8 Å². The van der Waals surface area contributed by atoms with E-state index >= 15 is 0 Å². The molecule has 13 heteroatoms. The first kappa shape index (κ1) is 32.8. The number of nitrogens with one attached hydrogen (secondary N) is 2. The van der Waals surface area contributed by atoms with E-state index in [1.807, 2.05) is 14.1 Å². The molecule has 0 spiro atoms. The number of amides is 2. The summed E-state index contributed by atoms with van der Waals surface area (Å²) in [7, 11) is 4.02. The average Bonchev–Trinajstić information content (AvgIpc) is 2.79. The molecule has 0 bridgehead atoms. The van der Waals surface area contributed by atoms with Gasteiger partial charge in [-0.1, -0.05) is 0 Å². The molecular weight excluding hydrogens is 498 g/mol. The summed E-state index contributed by atoms with van der Waals surface area (Å²) in [5, 5.41) is 2.63. The minimum Gasteiger partial charge on any atom is -0.465 e. The molecule has 0 saturated heterocycles. The highest BCUT2D eigenvalue weighted by molar-refractivity contribution is 5.82. The van der Waals surface area contributed by atoms with E-state index in [1.165, 1.54) is 11.1 Å². The summed E-state index contributed by atoms with van der Waals surface area (Å²) in [5.74, 6) is -1.25. The Bertz CT molecular complexity index is 998. The molecule has 1 rings (SSSR count). The third-order valence-corrected chi connectivity index (χ3v) is 5.15. The number of esters is 1. The maximum Gasteiger partial charge on any atom is 0.407 e. The van der Waals surface area contributed by atoms with Crippen molar-refractivity contribution in [3.05, 3.63) is 33.1 Å². The van der Waals surface area contributed by atoms with Gasteiger partial charge in [-0.2, -0.15) is 0 Å². The Hall–Kier alpha value is -3.19. The monoisotopic (exact) mass is 541 g/mol. The molecule has 0 radical (unpaired) electrons. The standard InChI is InChI=1S/C25H43N5O8/c1-7-37-22(33)17-30(21(32)16-29-13-11-20(31)27-23(29)34)19(15-26-24(35)38-25(2,3)4)18-36-14-10-8-9-12-28(5)6/h11,13,19H,7-10,12,14-18H2,1-6H3,(H,26,35)(H,27,31,34). The Kier molecular flexibility index (Phi) is 14.4. The molecule has 1 unspecified atom stereocenters.